The van der Waals surface area contributed by atoms with Crippen molar-refractivity contribution in [3.05, 3.63) is 39.7 Å². The lowest BCUT2D eigenvalue weighted by Gasteiger charge is -2.40. The lowest BCUT2D eigenvalue weighted by molar-refractivity contribution is 0.0695. The number of hydrogen-bond donors (Lipinski definition) is 1. The van der Waals surface area contributed by atoms with Gasteiger partial charge in [0.05, 0.1) is 10.9 Å². The fraction of sp³-hybridized carbons (Fsp3) is 0.412. The molecule has 1 N–H and O–H groups in total. The van der Waals surface area contributed by atoms with E-state index in [1.165, 1.54) is 10.8 Å². The Labute approximate surface area is 146 Å². The molecule has 1 aromatic carbocycles. The monoisotopic (exact) mass is 366 g/mol. The highest BCUT2D eigenvalue weighted by Crippen LogP contribution is 2.40. The first kappa shape index (κ1) is 16.4. The summed E-state index contributed by atoms with van der Waals surface area (Å²) in [7, 11) is 0. The molecule has 2 aliphatic rings. The van der Waals surface area contributed by atoms with Crippen LogP contribution in [0.3, 0.4) is 0 Å². The van der Waals surface area contributed by atoms with Crippen LogP contribution in [0.15, 0.2) is 17.1 Å². The second-order valence-electron chi connectivity index (χ2n) is 6.50. The van der Waals surface area contributed by atoms with Crippen LogP contribution in [-0.4, -0.2) is 40.2 Å². The van der Waals surface area contributed by atoms with Crippen LogP contribution < -0.4 is 10.3 Å². The van der Waals surface area contributed by atoms with Gasteiger partial charge in [-0.3, -0.25) is 4.79 Å². The van der Waals surface area contributed by atoms with Crippen LogP contribution in [0.25, 0.3) is 10.9 Å². The lowest BCUT2D eigenvalue weighted by atomic mass is 10.1. The second kappa shape index (κ2) is 5.72. The van der Waals surface area contributed by atoms with Gasteiger partial charge in [0.2, 0.25) is 5.43 Å². The summed E-state index contributed by atoms with van der Waals surface area (Å²) in [6.07, 6.45) is 4.70. The molecule has 4 rings (SSSR count). The van der Waals surface area contributed by atoms with Gasteiger partial charge in [-0.2, -0.15) is 11.8 Å². The fourth-order valence-corrected chi connectivity index (χ4v) is 3.94. The predicted octanol–water partition coefficient (Wildman–Crippen LogP) is 2.86. The number of pyridine rings is 1. The number of anilines is 1. The number of rotatable bonds is 4. The molecule has 0 amide bonds. The molecule has 25 heavy (non-hydrogen) atoms. The van der Waals surface area contributed by atoms with E-state index in [2.05, 4.69) is 0 Å². The van der Waals surface area contributed by atoms with Crippen molar-refractivity contribution < 1.29 is 18.7 Å². The molecule has 1 aromatic heterocycles. The number of carboxylic acids is 1. The van der Waals surface area contributed by atoms with Gasteiger partial charge in [-0.15, -0.1) is 0 Å². The van der Waals surface area contributed by atoms with Gasteiger partial charge >= 0.3 is 5.97 Å². The maximum atomic E-state index is 15.2. The predicted molar refractivity (Wildman–Crippen MR) is 92.9 cm³/mol. The molecule has 1 saturated heterocycles. The van der Waals surface area contributed by atoms with Gasteiger partial charge in [-0.1, -0.05) is 0 Å². The average Bonchev–Trinajstić information content (AvgIpc) is 3.34. The molecule has 1 aliphatic carbocycles. The van der Waals surface area contributed by atoms with E-state index in [0.29, 0.717) is 18.3 Å². The van der Waals surface area contributed by atoms with Crippen molar-refractivity contribution in [1.29, 1.82) is 0 Å². The van der Waals surface area contributed by atoms with Crippen molar-refractivity contribution in [2.45, 2.75) is 24.1 Å². The van der Waals surface area contributed by atoms with Crippen molar-refractivity contribution in [3.8, 4) is 0 Å². The van der Waals surface area contributed by atoms with Crippen LogP contribution in [0, 0.1) is 11.6 Å². The van der Waals surface area contributed by atoms with Crippen LogP contribution in [-0.2, 0) is 0 Å². The summed E-state index contributed by atoms with van der Waals surface area (Å²) < 4.78 is 31.2. The van der Waals surface area contributed by atoms with Crippen molar-refractivity contribution in [2.75, 3.05) is 24.2 Å². The summed E-state index contributed by atoms with van der Waals surface area (Å²) in [6.45, 7) is 1.09. The fourth-order valence-electron chi connectivity index (χ4n) is 3.28. The molecule has 0 unspecified atom stereocenters. The van der Waals surface area contributed by atoms with Crippen LogP contribution >= 0.6 is 11.8 Å². The summed E-state index contributed by atoms with van der Waals surface area (Å²) >= 11 is 1.64. The molecular weight excluding hydrogens is 350 g/mol. The molecule has 2 aromatic rings. The van der Waals surface area contributed by atoms with Crippen LogP contribution in [0.1, 0.15) is 29.2 Å². The Balaban J connectivity index is 1.97. The normalized spacial score (nSPS) is 17.8. The third kappa shape index (κ3) is 2.50. The number of aromatic nitrogens is 1. The molecular formula is C17H16F2N2O3S. The summed E-state index contributed by atoms with van der Waals surface area (Å²) in [6, 6.07) is 0.928. The number of thioether (sulfide) groups is 1. The highest BCUT2D eigenvalue weighted by atomic mass is 32.2. The Hall–Kier alpha value is -2.09. The van der Waals surface area contributed by atoms with E-state index in [-0.39, 0.29) is 22.6 Å². The summed E-state index contributed by atoms with van der Waals surface area (Å²) in [4.78, 5) is 25.3. The molecule has 0 bridgehead atoms. The molecule has 0 radical (unpaired) electrons. The van der Waals surface area contributed by atoms with Gasteiger partial charge < -0.3 is 14.6 Å². The summed E-state index contributed by atoms with van der Waals surface area (Å²) in [5.41, 5.74) is -1.44. The number of benzene rings is 1. The minimum absolute atomic E-state index is 0.00139. The molecule has 132 valence electrons. The smallest absolute Gasteiger partial charge is 0.341 e. The first-order valence-electron chi connectivity index (χ1n) is 8.00. The van der Waals surface area contributed by atoms with E-state index in [0.717, 1.165) is 18.9 Å². The highest BCUT2D eigenvalue weighted by Gasteiger charge is 2.34. The molecule has 0 spiro atoms. The van der Waals surface area contributed by atoms with E-state index in [4.69, 9.17) is 0 Å². The number of hydrogen-bond acceptors (Lipinski definition) is 4. The summed E-state index contributed by atoms with van der Waals surface area (Å²) in [5, 5.41) is 9.34. The zero-order valence-corrected chi connectivity index (χ0v) is 14.3. The van der Waals surface area contributed by atoms with E-state index >= 15 is 4.39 Å². The average molecular weight is 366 g/mol. The van der Waals surface area contributed by atoms with E-state index in [1.807, 2.05) is 6.26 Å². The Morgan fingerprint density at radius 2 is 2.00 bits per heavy atom. The van der Waals surface area contributed by atoms with Crippen LogP contribution in [0.2, 0.25) is 0 Å². The van der Waals surface area contributed by atoms with Crippen molar-refractivity contribution >= 4 is 34.3 Å². The summed E-state index contributed by atoms with van der Waals surface area (Å²) in [5.74, 6) is -3.00. The molecule has 2 fully saturated rings. The van der Waals surface area contributed by atoms with Gasteiger partial charge in [0, 0.05) is 30.6 Å². The van der Waals surface area contributed by atoms with E-state index in [9.17, 15) is 19.1 Å². The standard InChI is InChI=1S/C17H16F2N2O3S/c1-25-9-5-20(6-9)15-12(18)4-10-14(13(15)19)21(8-2-3-8)7-11(16(10)22)17(23)24/h4,7-9H,2-3,5-6H2,1H3,(H,23,24). The SMILES string of the molecule is CSC1CN(c2c(F)cc3c(=O)c(C(=O)O)cn(C4CC4)c3c2F)C1. The number of carbonyl (C=O) groups is 1. The van der Waals surface area contributed by atoms with Gasteiger partial charge in [-0.25, -0.2) is 13.6 Å². The van der Waals surface area contributed by atoms with Crippen molar-refractivity contribution in [3.63, 3.8) is 0 Å². The van der Waals surface area contributed by atoms with Crippen LogP contribution in [0.5, 0.6) is 0 Å². The third-order valence-corrected chi connectivity index (χ3v) is 5.82. The molecule has 1 saturated carbocycles. The number of aromatic carboxylic acids is 1. The topological polar surface area (TPSA) is 62.5 Å². The van der Waals surface area contributed by atoms with Crippen molar-refractivity contribution in [1.82, 2.24) is 4.57 Å². The maximum Gasteiger partial charge on any atom is 0.341 e. The zero-order chi connectivity index (χ0) is 17.9. The Bertz CT molecular complexity index is 949. The zero-order valence-electron chi connectivity index (χ0n) is 13.5. The molecule has 5 nitrogen and oxygen atoms in total. The largest absolute Gasteiger partial charge is 0.477 e. The minimum Gasteiger partial charge on any atom is -0.477 e. The molecule has 2 heterocycles. The number of halogens is 2. The third-order valence-electron chi connectivity index (χ3n) is 4.85. The second-order valence-corrected chi connectivity index (χ2v) is 7.63. The van der Waals surface area contributed by atoms with Gasteiger partial charge in [-0.05, 0) is 25.2 Å². The number of nitrogens with zero attached hydrogens (tertiary/aromatic N) is 2. The molecule has 1 aliphatic heterocycles. The van der Waals surface area contributed by atoms with Gasteiger partial charge in [0.15, 0.2) is 5.82 Å². The van der Waals surface area contributed by atoms with E-state index < -0.39 is 28.6 Å². The van der Waals surface area contributed by atoms with Crippen LogP contribution in [0.4, 0.5) is 14.5 Å². The Kier molecular flexibility index (Phi) is 3.75. The maximum absolute atomic E-state index is 15.2. The Morgan fingerprint density at radius 1 is 1.32 bits per heavy atom. The highest BCUT2D eigenvalue weighted by molar-refractivity contribution is 7.99. The Morgan fingerprint density at radius 3 is 2.56 bits per heavy atom. The first-order valence-corrected chi connectivity index (χ1v) is 9.29. The molecule has 0 atom stereocenters. The quantitative estimate of drug-likeness (QED) is 0.902. The van der Waals surface area contributed by atoms with Crippen molar-refractivity contribution in [2.24, 2.45) is 0 Å². The number of carboxylic acid groups (broad SMARTS) is 1. The number of fused-ring (bicyclic) bond motifs is 1. The van der Waals surface area contributed by atoms with Gasteiger partial charge in [0.25, 0.3) is 0 Å². The van der Waals surface area contributed by atoms with Gasteiger partial charge in [0.1, 0.15) is 17.1 Å². The minimum atomic E-state index is -1.39. The van der Waals surface area contributed by atoms with E-state index in [1.54, 1.807) is 16.7 Å². The lowest BCUT2D eigenvalue weighted by Crippen LogP contribution is -2.49. The first-order chi connectivity index (χ1) is 11.9. The molecule has 8 heteroatoms.